The fourth-order valence-electron chi connectivity index (χ4n) is 1.63. The van der Waals surface area contributed by atoms with E-state index in [9.17, 15) is 26.3 Å². The third-order valence-corrected chi connectivity index (χ3v) is 2.58. The van der Waals surface area contributed by atoms with Crippen molar-refractivity contribution in [3.8, 4) is 17.2 Å². The lowest BCUT2D eigenvalue weighted by Crippen LogP contribution is -2.05. The fourth-order valence-corrected chi connectivity index (χ4v) is 1.63. The molecule has 0 bridgehead atoms. The van der Waals surface area contributed by atoms with Crippen LogP contribution in [-0.4, -0.2) is 0 Å². The molecule has 0 aliphatic carbocycles. The molecule has 0 aliphatic heterocycles. The van der Waals surface area contributed by atoms with Crippen LogP contribution in [0.1, 0.15) is 5.56 Å². The van der Waals surface area contributed by atoms with Crippen molar-refractivity contribution in [3.05, 3.63) is 58.7 Å². The summed E-state index contributed by atoms with van der Waals surface area (Å²) in [5.41, 5.74) is -2.35. The molecular formula is C13H3F6N. The zero-order valence-corrected chi connectivity index (χ0v) is 9.45. The largest absolute Gasteiger partial charge is 0.206 e. The number of hydrogen-bond donors (Lipinski definition) is 0. The van der Waals surface area contributed by atoms with Gasteiger partial charge in [0.05, 0.1) is 17.2 Å². The van der Waals surface area contributed by atoms with Crippen LogP contribution >= 0.6 is 0 Å². The minimum absolute atomic E-state index is 0.157. The van der Waals surface area contributed by atoms with Crippen molar-refractivity contribution in [2.24, 2.45) is 0 Å². The molecule has 2 aromatic rings. The highest BCUT2D eigenvalue weighted by Crippen LogP contribution is 2.33. The van der Waals surface area contributed by atoms with Gasteiger partial charge in [-0.3, -0.25) is 0 Å². The van der Waals surface area contributed by atoms with E-state index in [1.165, 1.54) is 0 Å². The van der Waals surface area contributed by atoms with Gasteiger partial charge in [-0.1, -0.05) is 0 Å². The predicted molar refractivity (Wildman–Crippen MR) is 56.3 cm³/mol. The Labute approximate surface area is 108 Å². The number of hydrogen-bond acceptors (Lipinski definition) is 1. The molecule has 0 aromatic heterocycles. The van der Waals surface area contributed by atoms with E-state index in [0.29, 0.717) is 6.07 Å². The van der Waals surface area contributed by atoms with Gasteiger partial charge in [-0.25, -0.2) is 26.3 Å². The van der Waals surface area contributed by atoms with Crippen LogP contribution in [0.4, 0.5) is 26.3 Å². The standard InChI is InChI=1S/C13H3F6N/c14-7-3-5(4-20)1-2-6(7)8-9(15)11(17)13(19)12(18)10(8)16/h1-3H. The van der Waals surface area contributed by atoms with E-state index >= 15 is 0 Å². The fraction of sp³-hybridized carbons (Fsp3) is 0. The second-order valence-electron chi connectivity index (χ2n) is 3.75. The van der Waals surface area contributed by atoms with Crippen molar-refractivity contribution in [1.29, 1.82) is 5.26 Å². The molecule has 0 heterocycles. The van der Waals surface area contributed by atoms with Gasteiger partial charge in [-0.05, 0) is 18.2 Å². The molecule has 0 atom stereocenters. The summed E-state index contributed by atoms with van der Waals surface area (Å²) < 4.78 is 79.5. The minimum atomic E-state index is -2.32. The highest BCUT2D eigenvalue weighted by Gasteiger charge is 2.27. The van der Waals surface area contributed by atoms with Crippen molar-refractivity contribution < 1.29 is 26.3 Å². The number of nitrogens with zero attached hydrogens (tertiary/aromatic N) is 1. The summed E-state index contributed by atoms with van der Waals surface area (Å²) in [6.45, 7) is 0. The lowest BCUT2D eigenvalue weighted by atomic mass is 10.0. The molecule has 0 saturated carbocycles. The Hall–Kier alpha value is -2.49. The average Bonchev–Trinajstić information content (AvgIpc) is 2.44. The first-order valence-electron chi connectivity index (χ1n) is 5.10. The lowest BCUT2D eigenvalue weighted by Gasteiger charge is -2.09. The summed E-state index contributed by atoms with van der Waals surface area (Å²) >= 11 is 0. The van der Waals surface area contributed by atoms with Gasteiger partial charge < -0.3 is 0 Å². The van der Waals surface area contributed by atoms with E-state index in [2.05, 4.69) is 0 Å². The Bertz CT molecular complexity index is 718. The van der Waals surface area contributed by atoms with Crippen molar-refractivity contribution in [2.45, 2.75) is 0 Å². The van der Waals surface area contributed by atoms with Gasteiger partial charge in [0.2, 0.25) is 5.82 Å². The van der Waals surface area contributed by atoms with Crippen LogP contribution in [0.5, 0.6) is 0 Å². The smallest absolute Gasteiger partial charge is 0.200 e. The second kappa shape index (κ2) is 4.89. The number of halogens is 6. The van der Waals surface area contributed by atoms with Gasteiger partial charge in [-0.2, -0.15) is 5.26 Å². The first kappa shape index (κ1) is 13.9. The molecular weight excluding hydrogens is 284 g/mol. The lowest BCUT2D eigenvalue weighted by molar-refractivity contribution is 0.381. The van der Waals surface area contributed by atoms with Crippen molar-refractivity contribution in [1.82, 2.24) is 0 Å². The molecule has 20 heavy (non-hydrogen) atoms. The molecule has 2 aromatic carbocycles. The van der Waals surface area contributed by atoms with E-state index in [-0.39, 0.29) is 5.56 Å². The summed E-state index contributed by atoms with van der Waals surface area (Å²) in [6, 6.07) is 3.97. The van der Waals surface area contributed by atoms with Crippen LogP contribution in [0, 0.1) is 46.2 Å². The van der Waals surface area contributed by atoms with E-state index < -0.39 is 46.0 Å². The maximum atomic E-state index is 13.6. The number of nitriles is 1. The molecule has 102 valence electrons. The summed E-state index contributed by atoms with van der Waals surface area (Å²) in [5.74, 6) is -12.2. The van der Waals surface area contributed by atoms with E-state index in [1.54, 1.807) is 6.07 Å². The average molecular weight is 287 g/mol. The van der Waals surface area contributed by atoms with E-state index in [0.717, 1.165) is 12.1 Å². The quantitative estimate of drug-likeness (QED) is 0.441. The minimum Gasteiger partial charge on any atom is -0.206 e. The summed E-state index contributed by atoms with van der Waals surface area (Å²) in [5, 5.41) is 8.52. The van der Waals surface area contributed by atoms with Gasteiger partial charge in [0.15, 0.2) is 23.3 Å². The topological polar surface area (TPSA) is 23.8 Å². The molecule has 0 fully saturated rings. The Morgan fingerprint density at radius 3 is 1.70 bits per heavy atom. The van der Waals surface area contributed by atoms with E-state index in [4.69, 9.17) is 5.26 Å². The van der Waals surface area contributed by atoms with Gasteiger partial charge >= 0.3 is 0 Å². The molecule has 0 saturated heterocycles. The zero-order chi connectivity index (χ0) is 15.0. The zero-order valence-electron chi connectivity index (χ0n) is 9.45. The number of rotatable bonds is 1. The summed E-state index contributed by atoms with van der Waals surface area (Å²) in [7, 11) is 0. The highest BCUT2D eigenvalue weighted by molar-refractivity contribution is 5.67. The first-order chi connectivity index (χ1) is 9.38. The van der Waals surface area contributed by atoms with Crippen LogP contribution < -0.4 is 0 Å². The molecule has 2 rings (SSSR count). The van der Waals surface area contributed by atoms with Gasteiger partial charge in [-0.15, -0.1) is 0 Å². The molecule has 0 N–H and O–H groups in total. The molecule has 0 spiro atoms. The van der Waals surface area contributed by atoms with Crippen LogP contribution in [-0.2, 0) is 0 Å². The molecule has 0 aliphatic rings. The number of benzene rings is 2. The summed E-state index contributed by atoms with van der Waals surface area (Å²) in [4.78, 5) is 0. The Kier molecular flexibility index (Phi) is 3.40. The van der Waals surface area contributed by atoms with Crippen molar-refractivity contribution in [3.63, 3.8) is 0 Å². The monoisotopic (exact) mass is 287 g/mol. The van der Waals surface area contributed by atoms with Gasteiger partial charge in [0.1, 0.15) is 5.82 Å². The second-order valence-corrected chi connectivity index (χ2v) is 3.75. The Balaban J connectivity index is 2.81. The molecule has 1 nitrogen and oxygen atoms in total. The maximum absolute atomic E-state index is 13.6. The van der Waals surface area contributed by atoms with Crippen LogP contribution in [0.3, 0.4) is 0 Å². The van der Waals surface area contributed by atoms with Crippen LogP contribution in [0.15, 0.2) is 18.2 Å². The van der Waals surface area contributed by atoms with Gasteiger partial charge in [0.25, 0.3) is 0 Å². The maximum Gasteiger partial charge on any atom is 0.200 e. The third kappa shape index (κ3) is 1.99. The van der Waals surface area contributed by atoms with Crippen LogP contribution in [0.25, 0.3) is 11.1 Å². The van der Waals surface area contributed by atoms with Gasteiger partial charge in [0, 0.05) is 5.56 Å². The molecule has 7 heteroatoms. The predicted octanol–water partition coefficient (Wildman–Crippen LogP) is 4.06. The van der Waals surface area contributed by atoms with E-state index in [1.807, 2.05) is 0 Å². The van der Waals surface area contributed by atoms with Crippen molar-refractivity contribution >= 4 is 0 Å². The highest BCUT2D eigenvalue weighted by atomic mass is 19.2. The summed E-state index contributed by atoms with van der Waals surface area (Å²) in [6.07, 6.45) is 0. The molecule has 0 unspecified atom stereocenters. The van der Waals surface area contributed by atoms with Crippen LogP contribution in [0.2, 0.25) is 0 Å². The Morgan fingerprint density at radius 1 is 0.750 bits per heavy atom. The third-order valence-electron chi connectivity index (χ3n) is 2.58. The first-order valence-corrected chi connectivity index (χ1v) is 5.10. The molecule has 0 amide bonds. The molecule has 0 radical (unpaired) electrons. The normalized spacial score (nSPS) is 10.4. The van der Waals surface area contributed by atoms with Crippen molar-refractivity contribution in [2.75, 3.05) is 0 Å². The SMILES string of the molecule is N#Cc1ccc(-c2c(F)c(F)c(F)c(F)c2F)c(F)c1. The Morgan fingerprint density at radius 2 is 1.25 bits per heavy atom.